The largest absolute Gasteiger partial charge is 0.331 e. The van der Waals surface area contributed by atoms with E-state index in [2.05, 4.69) is 15.5 Å². The predicted octanol–water partition coefficient (Wildman–Crippen LogP) is 3.98. The van der Waals surface area contributed by atoms with Gasteiger partial charge < -0.3 is 10.2 Å². The van der Waals surface area contributed by atoms with Crippen molar-refractivity contribution in [2.24, 2.45) is 0 Å². The van der Waals surface area contributed by atoms with Gasteiger partial charge in [0.15, 0.2) is 0 Å². The lowest BCUT2D eigenvalue weighted by atomic mass is 10.1. The van der Waals surface area contributed by atoms with E-state index in [0.717, 1.165) is 34.0 Å². The van der Waals surface area contributed by atoms with Crippen molar-refractivity contribution in [1.29, 1.82) is 0 Å². The lowest BCUT2D eigenvalue weighted by molar-refractivity contribution is 0.202. The zero-order valence-electron chi connectivity index (χ0n) is 12.8. The molecule has 0 fully saturated rings. The second kappa shape index (κ2) is 6.63. The number of benzene rings is 1. The highest BCUT2D eigenvalue weighted by Gasteiger charge is 2.27. The van der Waals surface area contributed by atoms with Crippen LogP contribution in [-0.2, 0) is 13.0 Å². The number of fused-ring (bicyclic) bond motifs is 1. The molecule has 0 spiro atoms. The van der Waals surface area contributed by atoms with E-state index in [1.54, 1.807) is 18.0 Å². The highest BCUT2D eigenvalue weighted by molar-refractivity contribution is 7.11. The Hall–Kier alpha value is -1.37. The van der Waals surface area contributed by atoms with Gasteiger partial charge >= 0.3 is 6.03 Å². The minimum Gasteiger partial charge on any atom is -0.331 e. The molecule has 1 aromatic carbocycles. The van der Waals surface area contributed by atoms with Gasteiger partial charge in [0, 0.05) is 7.05 Å². The van der Waals surface area contributed by atoms with E-state index in [1.807, 2.05) is 13.0 Å². The molecule has 1 atom stereocenters. The van der Waals surface area contributed by atoms with Crippen LogP contribution in [0.15, 0.2) is 12.1 Å². The van der Waals surface area contributed by atoms with E-state index in [1.165, 1.54) is 11.3 Å². The maximum atomic E-state index is 12.4. The Balaban J connectivity index is 1.67. The minimum atomic E-state index is -0.137. The first-order valence-electron chi connectivity index (χ1n) is 7.23. The van der Waals surface area contributed by atoms with Crippen molar-refractivity contribution >= 4 is 40.6 Å². The third-order valence-electron chi connectivity index (χ3n) is 3.88. The summed E-state index contributed by atoms with van der Waals surface area (Å²) in [7, 11) is 1.75. The van der Waals surface area contributed by atoms with Gasteiger partial charge in [-0.25, -0.2) is 4.79 Å². The molecule has 5 nitrogen and oxygen atoms in total. The Bertz CT molecular complexity index is 749. The molecule has 1 aliphatic carbocycles. The average Bonchev–Trinajstić information content (AvgIpc) is 3.10. The number of halogens is 2. The molecule has 3 rings (SSSR count). The molecule has 122 valence electrons. The molecule has 0 saturated heterocycles. The van der Waals surface area contributed by atoms with Crippen molar-refractivity contribution in [2.45, 2.75) is 32.4 Å². The number of nitrogens with one attached hydrogen (secondary N) is 1. The number of hydrogen-bond acceptors (Lipinski definition) is 4. The predicted molar refractivity (Wildman–Crippen MR) is 92.2 cm³/mol. The maximum Gasteiger partial charge on any atom is 0.318 e. The van der Waals surface area contributed by atoms with Crippen molar-refractivity contribution in [2.75, 3.05) is 7.05 Å². The van der Waals surface area contributed by atoms with E-state index in [-0.39, 0.29) is 12.1 Å². The van der Waals surface area contributed by atoms with Gasteiger partial charge in [-0.2, -0.15) is 0 Å². The molecule has 23 heavy (non-hydrogen) atoms. The number of aryl methyl sites for hydroxylation is 1. The van der Waals surface area contributed by atoms with E-state index < -0.39 is 0 Å². The molecule has 0 radical (unpaired) electrons. The van der Waals surface area contributed by atoms with E-state index in [9.17, 15) is 4.79 Å². The summed E-state index contributed by atoms with van der Waals surface area (Å²) in [6.45, 7) is 2.34. The molecular weight excluding hydrogens is 355 g/mol. The molecule has 1 aliphatic rings. The molecule has 0 saturated carbocycles. The fourth-order valence-electron chi connectivity index (χ4n) is 2.72. The lowest BCUT2D eigenvalue weighted by Gasteiger charge is -2.21. The number of aromatic nitrogens is 2. The highest BCUT2D eigenvalue weighted by atomic mass is 35.5. The first kappa shape index (κ1) is 16.5. The van der Waals surface area contributed by atoms with Crippen LogP contribution in [0, 0.1) is 6.92 Å². The number of carbonyl (C=O) groups excluding carboxylic acids is 1. The normalized spacial score (nSPS) is 16.3. The van der Waals surface area contributed by atoms with Crippen molar-refractivity contribution < 1.29 is 4.79 Å². The van der Waals surface area contributed by atoms with Crippen molar-refractivity contribution in [3.05, 3.63) is 43.3 Å². The number of amides is 2. The second-order valence-corrected chi connectivity index (χ2v) is 7.59. The third kappa shape index (κ3) is 3.44. The smallest absolute Gasteiger partial charge is 0.318 e. The van der Waals surface area contributed by atoms with Crippen LogP contribution in [0.4, 0.5) is 4.79 Å². The Morgan fingerprint density at radius 3 is 2.91 bits per heavy atom. The summed E-state index contributed by atoms with van der Waals surface area (Å²) in [4.78, 5) is 14.0. The fourth-order valence-corrected chi connectivity index (χ4v) is 3.92. The van der Waals surface area contributed by atoms with Crippen LogP contribution in [0.25, 0.3) is 0 Å². The summed E-state index contributed by atoms with van der Waals surface area (Å²) in [5.74, 6) is 0. The zero-order valence-corrected chi connectivity index (χ0v) is 15.1. The van der Waals surface area contributed by atoms with Crippen molar-refractivity contribution in [1.82, 2.24) is 20.4 Å². The lowest BCUT2D eigenvalue weighted by Crippen LogP contribution is -2.38. The first-order chi connectivity index (χ1) is 11.0. The summed E-state index contributed by atoms with van der Waals surface area (Å²) in [5, 5.41) is 13.9. The Morgan fingerprint density at radius 1 is 1.43 bits per heavy atom. The van der Waals surface area contributed by atoms with Gasteiger partial charge in [0.05, 0.1) is 22.6 Å². The highest BCUT2D eigenvalue weighted by Crippen LogP contribution is 2.39. The van der Waals surface area contributed by atoms with Crippen LogP contribution in [0.3, 0.4) is 0 Å². The second-order valence-electron chi connectivity index (χ2n) is 5.54. The van der Waals surface area contributed by atoms with Crippen LogP contribution in [-0.4, -0.2) is 28.2 Å². The Kier molecular flexibility index (Phi) is 4.75. The molecule has 1 unspecified atom stereocenters. The first-order valence-corrected chi connectivity index (χ1v) is 8.80. The monoisotopic (exact) mass is 370 g/mol. The standard InChI is InChI=1S/C15H16Cl2N4OS/c1-8-19-20-13(23-8)7-21(2)15(22)18-12-6-4-10-9(12)3-5-11(16)14(10)17/h3,5,12H,4,6-7H2,1-2H3,(H,18,22). The molecule has 1 heterocycles. The number of hydrogen-bond donors (Lipinski definition) is 1. The van der Waals surface area contributed by atoms with Gasteiger partial charge in [-0.1, -0.05) is 40.6 Å². The average molecular weight is 371 g/mol. The fraction of sp³-hybridized carbons (Fsp3) is 0.400. The van der Waals surface area contributed by atoms with Gasteiger partial charge in [-0.05, 0) is 37.0 Å². The van der Waals surface area contributed by atoms with Gasteiger partial charge in [0.1, 0.15) is 10.0 Å². The van der Waals surface area contributed by atoms with Crippen LogP contribution in [0.1, 0.15) is 33.6 Å². The summed E-state index contributed by atoms with van der Waals surface area (Å²) < 4.78 is 0. The Morgan fingerprint density at radius 2 is 2.22 bits per heavy atom. The Labute approximate surface area is 148 Å². The summed E-state index contributed by atoms with van der Waals surface area (Å²) in [6.07, 6.45) is 1.64. The number of nitrogens with zero attached hydrogens (tertiary/aromatic N) is 3. The van der Waals surface area contributed by atoms with E-state index in [0.29, 0.717) is 16.6 Å². The van der Waals surface area contributed by atoms with Crippen molar-refractivity contribution in [3.8, 4) is 0 Å². The number of rotatable bonds is 3. The topological polar surface area (TPSA) is 58.1 Å². The summed E-state index contributed by atoms with van der Waals surface area (Å²) in [6, 6.07) is 3.55. The SMILES string of the molecule is Cc1nnc(CN(C)C(=O)NC2CCc3c2ccc(Cl)c3Cl)s1. The van der Waals surface area contributed by atoms with Crippen molar-refractivity contribution in [3.63, 3.8) is 0 Å². The van der Waals surface area contributed by atoms with Crippen LogP contribution >= 0.6 is 34.5 Å². The van der Waals surface area contributed by atoms with Gasteiger partial charge in [-0.15, -0.1) is 10.2 Å². The van der Waals surface area contributed by atoms with Crippen LogP contribution in [0.2, 0.25) is 10.0 Å². The van der Waals surface area contributed by atoms with E-state index >= 15 is 0 Å². The minimum absolute atomic E-state index is 0.0362. The summed E-state index contributed by atoms with van der Waals surface area (Å²) in [5.41, 5.74) is 2.08. The third-order valence-corrected chi connectivity index (χ3v) is 5.54. The number of urea groups is 1. The molecule has 8 heteroatoms. The van der Waals surface area contributed by atoms with Gasteiger partial charge in [0.25, 0.3) is 0 Å². The maximum absolute atomic E-state index is 12.4. The number of carbonyl (C=O) groups is 1. The molecule has 2 amide bonds. The van der Waals surface area contributed by atoms with E-state index in [4.69, 9.17) is 23.2 Å². The quantitative estimate of drug-likeness (QED) is 0.888. The van der Waals surface area contributed by atoms with Gasteiger partial charge in [-0.3, -0.25) is 0 Å². The molecular formula is C15H16Cl2N4OS. The molecule has 2 aromatic rings. The van der Waals surface area contributed by atoms with Crippen LogP contribution < -0.4 is 5.32 Å². The molecule has 1 N–H and O–H groups in total. The molecule has 0 bridgehead atoms. The summed E-state index contributed by atoms with van der Waals surface area (Å²) >= 11 is 13.8. The zero-order chi connectivity index (χ0) is 16.6. The molecule has 0 aliphatic heterocycles. The van der Waals surface area contributed by atoms with Crippen LogP contribution in [0.5, 0.6) is 0 Å². The van der Waals surface area contributed by atoms with Gasteiger partial charge in [0.2, 0.25) is 0 Å². The molecule has 1 aromatic heterocycles.